The third-order valence-electron chi connectivity index (χ3n) is 3.94. The van der Waals surface area contributed by atoms with Crippen LogP contribution in [0.5, 0.6) is 0 Å². The van der Waals surface area contributed by atoms with Crippen molar-refractivity contribution in [3.05, 3.63) is 77.1 Å². The maximum Gasteiger partial charge on any atom is 0.416 e. The quantitative estimate of drug-likeness (QED) is 0.876. The minimum atomic E-state index is -4.33. The average molecular weight is 345 g/mol. The second-order valence-electron chi connectivity index (χ2n) is 5.98. The fraction of sp³-hybridized carbons (Fsp3) is 0.211. The van der Waals surface area contributed by atoms with E-state index in [1.165, 1.54) is 12.1 Å². The summed E-state index contributed by atoms with van der Waals surface area (Å²) < 4.78 is 38.1. The third kappa shape index (κ3) is 4.02. The number of benzene rings is 2. The molecule has 25 heavy (non-hydrogen) atoms. The molecule has 3 rings (SSSR count). The summed E-state index contributed by atoms with van der Waals surface area (Å²) in [5.41, 5.74) is 2.74. The van der Waals surface area contributed by atoms with Crippen molar-refractivity contribution in [1.29, 1.82) is 0 Å². The van der Waals surface area contributed by atoms with Crippen LogP contribution < -0.4 is 5.32 Å². The number of anilines is 1. The number of aryl methyl sites for hydroxylation is 1. The molecule has 3 nitrogen and oxygen atoms in total. The molecule has 130 valence electrons. The molecular weight excluding hydrogens is 327 g/mol. The van der Waals surface area contributed by atoms with Crippen LogP contribution in [0.25, 0.3) is 0 Å². The number of halogens is 3. The first-order chi connectivity index (χ1) is 11.8. The highest BCUT2D eigenvalue weighted by Gasteiger charge is 2.30. The minimum absolute atomic E-state index is 0.432. The van der Waals surface area contributed by atoms with Gasteiger partial charge in [-0.15, -0.1) is 0 Å². The lowest BCUT2D eigenvalue weighted by Gasteiger charge is -2.26. The number of alkyl halides is 3. The summed E-state index contributed by atoms with van der Waals surface area (Å²) in [5.74, 6) is 0.843. The second-order valence-corrected chi connectivity index (χ2v) is 5.98. The van der Waals surface area contributed by atoms with Gasteiger partial charge in [0.15, 0.2) is 0 Å². The van der Waals surface area contributed by atoms with Gasteiger partial charge >= 0.3 is 6.18 Å². The van der Waals surface area contributed by atoms with Gasteiger partial charge in [0.1, 0.15) is 12.5 Å². The van der Waals surface area contributed by atoms with Crippen molar-refractivity contribution in [2.24, 2.45) is 4.99 Å². The molecule has 0 atom stereocenters. The summed E-state index contributed by atoms with van der Waals surface area (Å²) in [6.07, 6.45) is -2.49. The number of nitrogens with zero attached hydrogens (tertiary/aromatic N) is 2. The maximum absolute atomic E-state index is 12.7. The molecule has 1 aliphatic rings. The van der Waals surface area contributed by atoms with Crippen LogP contribution in [-0.2, 0) is 6.18 Å². The number of hydrogen-bond donors (Lipinski definition) is 1. The Morgan fingerprint density at radius 3 is 2.44 bits per heavy atom. The molecule has 0 saturated carbocycles. The van der Waals surface area contributed by atoms with Crippen molar-refractivity contribution in [3.8, 4) is 0 Å². The maximum atomic E-state index is 12.7. The molecule has 0 amide bonds. The number of aliphatic imine (C=N–C) groups is 1. The topological polar surface area (TPSA) is 27.6 Å². The van der Waals surface area contributed by atoms with Gasteiger partial charge < -0.3 is 10.2 Å². The van der Waals surface area contributed by atoms with E-state index in [0.29, 0.717) is 17.9 Å². The number of hydrogen-bond acceptors (Lipinski definition) is 3. The second kappa shape index (κ2) is 6.63. The molecular formula is C19H18F3N3. The van der Waals surface area contributed by atoms with Crippen LogP contribution in [0.1, 0.15) is 16.7 Å². The normalized spacial score (nSPS) is 14.8. The predicted molar refractivity (Wildman–Crippen MR) is 93.5 cm³/mol. The van der Waals surface area contributed by atoms with E-state index in [0.717, 1.165) is 29.2 Å². The minimum Gasteiger partial charge on any atom is -0.342 e. The van der Waals surface area contributed by atoms with Crippen molar-refractivity contribution in [2.45, 2.75) is 13.1 Å². The lowest BCUT2D eigenvalue weighted by atomic mass is 10.1. The van der Waals surface area contributed by atoms with Crippen LogP contribution in [0.4, 0.5) is 18.9 Å². The molecule has 0 aliphatic carbocycles. The first kappa shape index (κ1) is 17.1. The SMILES string of the molecule is Cc1cccc(NC2=CC(c3ccc(C(F)(F)F)cc3)=NCN2C)c1. The van der Waals surface area contributed by atoms with E-state index < -0.39 is 11.7 Å². The largest absolute Gasteiger partial charge is 0.416 e. The Hall–Kier alpha value is -2.76. The van der Waals surface area contributed by atoms with Crippen molar-refractivity contribution < 1.29 is 13.2 Å². The van der Waals surface area contributed by atoms with Crippen LogP contribution >= 0.6 is 0 Å². The van der Waals surface area contributed by atoms with Crippen LogP contribution in [0.3, 0.4) is 0 Å². The lowest BCUT2D eigenvalue weighted by molar-refractivity contribution is -0.137. The molecule has 2 aromatic carbocycles. The van der Waals surface area contributed by atoms with E-state index in [1.807, 2.05) is 49.2 Å². The van der Waals surface area contributed by atoms with Crippen molar-refractivity contribution >= 4 is 11.4 Å². The van der Waals surface area contributed by atoms with Gasteiger partial charge in [-0.2, -0.15) is 13.2 Å². The first-order valence-corrected chi connectivity index (χ1v) is 7.81. The summed E-state index contributed by atoms with van der Waals surface area (Å²) in [5, 5.41) is 3.33. The Bertz CT molecular complexity index is 821. The molecule has 1 N–H and O–H groups in total. The predicted octanol–water partition coefficient (Wildman–Crippen LogP) is 4.66. The highest BCUT2D eigenvalue weighted by Crippen LogP contribution is 2.29. The van der Waals surface area contributed by atoms with Crippen molar-refractivity contribution in [2.75, 3.05) is 19.0 Å². The Morgan fingerprint density at radius 2 is 1.80 bits per heavy atom. The molecule has 1 heterocycles. The summed E-state index contributed by atoms with van der Waals surface area (Å²) in [4.78, 5) is 6.37. The summed E-state index contributed by atoms with van der Waals surface area (Å²) in [6.45, 7) is 2.44. The van der Waals surface area contributed by atoms with Gasteiger partial charge in [0.25, 0.3) is 0 Å². The fourth-order valence-corrected chi connectivity index (χ4v) is 2.55. The molecule has 0 saturated heterocycles. The number of allylic oxidation sites excluding steroid dienone is 1. The molecule has 0 radical (unpaired) electrons. The van der Waals surface area contributed by atoms with E-state index in [-0.39, 0.29) is 0 Å². The smallest absolute Gasteiger partial charge is 0.342 e. The molecule has 0 fully saturated rings. The van der Waals surface area contributed by atoms with E-state index in [1.54, 1.807) is 0 Å². The van der Waals surface area contributed by atoms with Gasteiger partial charge in [-0.3, -0.25) is 4.99 Å². The monoisotopic (exact) mass is 345 g/mol. The van der Waals surface area contributed by atoms with Gasteiger partial charge in [-0.1, -0.05) is 24.3 Å². The van der Waals surface area contributed by atoms with Gasteiger partial charge in [0.2, 0.25) is 0 Å². The summed E-state index contributed by atoms with van der Waals surface area (Å²) >= 11 is 0. The summed E-state index contributed by atoms with van der Waals surface area (Å²) in [7, 11) is 1.90. The standard InChI is InChI=1S/C19H18F3N3/c1-13-4-3-5-16(10-13)24-18-11-17(23-12-25(18)2)14-6-8-15(9-7-14)19(20,21)22/h3-11,24H,12H2,1-2H3. The van der Waals surface area contributed by atoms with Gasteiger partial charge in [-0.25, -0.2) is 0 Å². The zero-order valence-electron chi connectivity index (χ0n) is 13.9. The molecule has 0 bridgehead atoms. The van der Waals surface area contributed by atoms with E-state index in [2.05, 4.69) is 10.3 Å². The molecule has 6 heteroatoms. The molecule has 0 unspecified atom stereocenters. The van der Waals surface area contributed by atoms with Gasteiger partial charge in [-0.05, 0) is 42.3 Å². The van der Waals surface area contributed by atoms with Gasteiger partial charge in [0.05, 0.1) is 11.3 Å². The summed E-state index contributed by atoms with van der Waals surface area (Å²) in [6, 6.07) is 13.0. The Morgan fingerprint density at radius 1 is 1.08 bits per heavy atom. The Kier molecular flexibility index (Phi) is 4.53. The van der Waals surface area contributed by atoms with E-state index >= 15 is 0 Å². The number of nitrogens with one attached hydrogen (secondary N) is 1. The molecule has 1 aliphatic heterocycles. The first-order valence-electron chi connectivity index (χ1n) is 7.81. The zero-order chi connectivity index (χ0) is 18.0. The van der Waals surface area contributed by atoms with Gasteiger partial charge in [0, 0.05) is 18.8 Å². The third-order valence-corrected chi connectivity index (χ3v) is 3.94. The highest BCUT2D eigenvalue weighted by atomic mass is 19.4. The van der Waals surface area contributed by atoms with Crippen molar-refractivity contribution in [3.63, 3.8) is 0 Å². The fourth-order valence-electron chi connectivity index (χ4n) is 2.55. The molecule has 0 spiro atoms. The molecule has 0 aromatic heterocycles. The lowest BCUT2D eigenvalue weighted by Crippen LogP contribution is -2.28. The van der Waals surface area contributed by atoms with Crippen LogP contribution in [0.15, 0.2) is 65.4 Å². The number of rotatable bonds is 3. The van der Waals surface area contributed by atoms with Crippen LogP contribution in [0, 0.1) is 6.92 Å². The Labute approximate surface area is 144 Å². The van der Waals surface area contributed by atoms with E-state index in [9.17, 15) is 13.2 Å². The zero-order valence-corrected chi connectivity index (χ0v) is 13.9. The highest BCUT2D eigenvalue weighted by molar-refractivity contribution is 6.09. The average Bonchev–Trinajstić information content (AvgIpc) is 2.56. The molecule has 2 aromatic rings. The van der Waals surface area contributed by atoms with Crippen molar-refractivity contribution in [1.82, 2.24) is 4.90 Å². The van der Waals surface area contributed by atoms with Crippen LogP contribution in [0.2, 0.25) is 0 Å². The van der Waals surface area contributed by atoms with Crippen LogP contribution in [-0.4, -0.2) is 24.3 Å². The van der Waals surface area contributed by atoms with E-state index in [4.69, 9.17) is 0 Å². The Balaban J connectivity index is 1.84.